The number of aryl methyl sites for hydroxylation is 1. The van der Waals surface area contributed by atoms with E-state index < -0.39 is 5.97 Å². The highest BCUT2D eigenvalue weighted by atomic mass is 32.2. The van der Waals surface area contributed by atoms with Crippen molar-refractivity contribution in [2.45, 2.75) is 31.2 Å². The molecule has 2 N–H and O–H groups in total. The zero-order valence-corrected chi connectivity index (χ0v) is 10.9. The van der Waals surface area contributed by atoms with Crippen molar-refractivity contribution in [1.29, 1.82) is 0 Å². The monoisotopic (exact) mass is 270 g/mol. The van der Waals surface area contributed by atoms with E-state index in [1.54, 1.807) is 11.3 Å². The summed E-state index contributed by atoms with van der Waals surface area (Å²) in [5.74, 6) is 1.22. The van der Waals surface area contributed by atoms with Crippen molar-refractivity contribution in [1.82, 2.24) is 4.98 Å². The van der Waals surface area contributed by atoms with Crippen LogP contribution in [-0.2, 0) is 11.2 Å². The third kappa shape index (κ3) is 2.15. The van der Waals surface area contributed by atoms with Crippen LogP contribution in [0.2, 0.25) is 0 Å². The number of thiazole rings is 1. The normalized spacial score (nSPS) is 27.1. The Bertz CT molecular complexity index is 441. The van der Waals surface area contributed by atoms with Crippen molar-refractivity contribution in [2.24, 2.45) is 0 Å². The molecule has 1 aliphatic carbocycles. The highest BCUT2D eigenvalue weighted by Gasteiger charge is 2.32. The number of aliphatic carboxylic acids is 1. The van der Waals surface area contributed by atoms with Crippen LogP contribution in [0.25, 0.3) is 0 Å². The number of rotatable bonds is 3. The van der Waals surface area contributed by atoms with Gasteiger partial charge < -0.3 is 10.4 Å². The number of carboxylic acids is 1. The first-order valence-corrected chi connectivity index (χ1v) is 7.78. The van der Waals surface area contributed by atoms with E-state index in [9.17, 15) is 4.79 Å². The van der Waals surface area contributed by atoms with E-state index in [1.165, 1.54) is 12.2 Å². The van der Waals surface area contributed by atoms with Gasteiger partial charge in [0, 0.05) is 16.7 Å². The third-order valence-corrected chi connectivity index (χ3v) is 5.50. The maximum atomic E-state index is 11.1. The van der Waals surface area contributed by atoms with E-state index in [4.69, 9.17) is 5.11 Å². The van der Waals surface area contributed by atoms with Crippen molar-refractivity contribution in [2.75, 3.05) is 16.8 Å². The Kier molecular flexibility index (Phi) is 3.00. The second-order valence-electron chi connectivity index (χ2n) is 4.46. The fourth-order valence-corrected chi connectivity index (χ4v) is 4.62. The van der Waals surface area contributed by atoms with Crippen molar-refractivity contribution in [3.63, 3.8) is 0 Å². The lowest BCUT2D eigenvalue weighted by Gasteiger charge is -2.09. The fourth-order valence-electron chi connectivity index (χ4n) is 2.35. The summed E-state index contributed by atoms with van der Waals surface area (Å²) in [5, 5.41) is 13.4. The Morgan fingerprint density at radius 2 is 2.35 bits per heavy atom. The molecule has 0 aromatic carbocycles. The molecule has 3 rings (SSSR count). The van der Waals surface area contributed by atoms with Gasteiger partial charge in [-0.25, -0.2) is 4.98 Å². The summed E-state index contributed by atoms with van der Waals surface area (Å²) < 4.78 is 0. The molecule has 1 aromatic rings. The zero-order valence-electron chi connectivity index (χ0n) is 9.31. The number of anilines is 1. The summed E-state index contributed by atoms with van der Waals surface area (Å²) in [4.78, 5) is 16.7. The second kappa shape index (κ2) is 4.49. The minimum atomic E-state index is -0.739. The topological polar surface area (TPSA) is 62.2 Å². The molecule has 6 heteroatoms. The number of nitrogens with one attached hydrogen (secondary N) is 1. The highest BCUT2D eigenvalue weighted by molar-refractivity contribution is 7.99. The molecule has 1 saturated heterocycles. The average Bonchev–Trinajstić information content (AvgIpc) is 2.92. The summed E-state index contributed by atoms with van der Waals surface area (Å²) in [7, 11) is 0. The molecule has 0 radical (unpaired) electrons. The van der Waals surface area contributed by atoms with Gasteiger partial charge in [0.25, 0.3) is 0 Å². The molecule has 2 unspecified atom stereocenters. The molecule has 2 aliphatic rings. The lowest BCUT2D eigenvalue weighted by Crippen LogP contribution is -2.18. The first kappa shape index (κ1) is 11.3. The number of nitrogens with zero attached hydrogens (tertiary/aromatic N) is 1. The molecular formula is C11H14N2O2S2. The number of carboxylic acid groups (broad SMARTS) is 1. The van der Waals surface area contributed by atoms with Gasteiger partial charge in [0.05, 0.1) is 5.69 Å². The van der Waals surface area contributed by atoms with Crippen molar-refractivity contribution in [3.8, 4) is 0 Å². The predicted octanol–water partition coefficient (Wildman–Crippen LogP) is 2.17. The first-order valence-electron chi connectivity index (χ1n) is 5.80. The summed E-state index contributed by atoms with van der Waals surface area (Å²) in [6.45, 7) is 0. The van der Waals surface area contributed by atoms with Crippen LogP contribution in [0.1, 0.15) is 29.3 Å². The van der Waals surface area contributed by atoms with Crippen LogP contribution in [0.4, 0.5) is 5.13 Å². The Hall–Kier alpha value is -0.750. The van der Waals surface area contributed by atoms with E-state index in [2.05, 4.69) is 10.3 Å². The maximum Gasteiger partial charge on any atom is 0.312 e. The quantitative estimate of drug-likeness (QED) is 0.881. The molecule has 2 heterocycles. The van der Waals surface area contributed by atoms with Crippen LogP contribution >= 0.6 is 23.1 Å². The van der Waals surface area contributed by atoms with Gasteiger partial charge in [0.1, 0.15) is 5.92 Å². The third-order valence-electron chi connectivity index (χ3n) is 3.27. The van der Waals surface area contributed by atoms with Gasteiger partial charge in [-0.2, -0.15) is 11.8 Å². The van der Waals surface area contributed by atoms with E-state index in [0.29, 0.717) is 12.5 Å². The number of carbonyl (C=O) groups is 1. The average molecular weight is 270 g/mol. The molecule has 0 saturated carbocycles. The first-order chi connectivity index (χ1) is 8.24. The minimum Gasteiger partial charge on any atom is -0.481 e. The standard InChI is InChI=1S/C11H14N2O2S2/c14-10(15)7-1-2-8-9(7)13-11(17-8)12-6-3-4-16-5-6/h6-7H,1-5H2,(H,12,13)(H,14,15). The van der Waals surface area contributed by atoms with Crippen LogP contribution in [-0.4, -0.2) is 33.6 Å². The lowest BCUT2D eigenvalue weighted by molar-refractivity contribution is -0.138. The van der Waals surface area contributed by atoms with Crippen LogP contribution < -0.4 is 5.32 Å². The number of aromatic nitrogens is 1. The van der Waals surface area contributed by atoms with E-state index in [0.717, 1.165) is 27.9 Å². The number of hydrogen-bond donors (Lipinski definition) is 2. The van der Waals surface area contributed by atoms with Crippen molar-refractivity contribution < 1.29 is 9.90 Å². The van der Waals surface area contributed by atoms with Crippen LogP contribution in [0.5, 0.6) is 0 Å². The molecule has 92 valence electrons. The molecule has 1 aliphatic heterocycles. The molecule has 0 amide bonds. The van der Waals surface area contributed by atoms with Crippen LogP contribution in [0.15, 0.2) is 0 Å². The van der Waals surface area contributed by atoms with Gasteiger partial charge >= 0.3 is 5.97 Å². The Labute approximate surface area is 108 Å². The largest absolute Gasteiger partial charge is 0.481 e. The SMILES string of the molecule is O=C(O)C1CCc2sc(NC3CCSC3)nc21. The predicted molar refractivity (Wildman–Crippen MR) is 70.2 cm³/mol. The van der Waals surface area contributed by atoms with Gasteiger partial charge in [-0.05, 0) is 25.0 Å². The fraction of sp³-hybridized carbons (Fsp3) is 0.636. The van der Waals surface area contributed by atoms with E-state index >= 15 is 0 Å². The van der Waals surface area contributed by atoms with Crippen molar-refractivity contribution >= 4 is 34.2 Å². The highest BCUT2D eigenvalue weighted by Crippen LogP contribution is 2.38. The second-order valence-corrected chi connectivity index (χ2v) is 6.70. The Balaban J connectivity index is 1.76. The summed E-state index contributed by atoms with van der Waals surface area (Å²) in [5.41, 5.74) is 0.802. The Morgan fingerprint density at radius 1 is 1.47 bits per heavy atom. The van der Waals surface area contributed by atoms with Crippen LogP contribution in [0, 0.1) is 0 Å². The van der Waals surface area contributed by atoms with Gasteiger partial charge in [0.15, 0.2) is 5.13 Å². The number of fused-ring (bicyclic) bond motifs is 1. The molecule has 2 atom stereocenters. The van der Waals surface area contributed by atoms with Gasteiger partial charge in [0.2, 0.25) is 0 Å². The summed E-state index contributed by atoms with van der Waals surface area (Å²) >= 11 is 3.59. The summed E-state index contributed by atoms with van der Waals surface area (Å²) in [6, 6.07) is 0.509. The minimum absolute atomic E-state index is 0.380. The molecule has 1 fully saturated rings. The number of thioether (sulfide) groups is 1. The van der Waals surface area contributed by atoms with E-state index in [-0.39, 0.29) is 5.92 Å². The number of hydrogen-bond acceptors (Lipinski definition) is 5. The molecule has 0 spiro atoms. The Morgan fingerprint density at radius 3 is 3.06 bits per heavy atom. The molecule has 17 heavy (non-hydrogen) atoms. The van der Waals surface area contributed by atoms with E-state index in [1.807, 2.05) is 11.8 Å². The van der Waals surface area contributed by atoms with Gasteiger partial charge in [-0.1, -0.05) is 0 Å². The molecule has 1 aromatic heterocycles. The molecular weight excluding hydrogens is 256 g/mol. The smallest absolute Gasteiger partial charge is 0.312 e. The van der Waals surface area contributed by atoms with Crippen LogP contribution in [0.3, 0.4) is 0 Å². The molecule has 4 nitrogen and oxygen atoms in total. The van der Waals surface area contributed by atoms with Crippen molar-refractivity contribution in [3.05, 3.63) is 10.6 Å². The maximum absolute atomic E-state index is 11.1. The summed E-state index contributed by atoms with van der Waals surface area (Å²) in [6.07, 6.45) is 2.76. The van der Waals surface area contributed by atoms with Gasteiger partial charge in [-0.3, -0.25) is 4.79 Å². The van der Waals surface area contributed by atoms with Gasteiger partial charge in [-0.15, -0.1) is 11.3 Å². The molecule has 0 bridgehead atoms. The lowest BCUT2D eigenvalue weighted by atomic mass is 10.1. The zero-order chi connectivity index (χ0) is 11.8.